The highest BCUT2D eigenvalue weighted by molar-refractivity contribution is 6.02. The molecular weight excluding hydrogens is 566 g/mol. The van der Waals surface area contributed by atoms with E-state index in [4.69, 9.17) is 15.6 Å². The summed E-state index contributed by atoms with van der Waals surface area (Å²) in [7, 11) is 3.19. The van der Waals surface area contributed by atoms with Gasteiger partial charge in [0, 0.05) is 31.3 Å². The lowest BCUT2D eigenvalue weighted by atomic mass is 9.90. The normalized spacial score (nSPS) is 13.0. The number of nitrogens with zero attached hydrogens (tertiary/aromatic N) is 2. The summed E-state index contributed by atoms with van der Waals surface area (Å²) in [6.45, 7) is 0.396. The van der Waals surface area contributed by atoms with Crippen molar-refractivity contribution in [1.82, 2.24) is 15.3 Å². The molecule has 228 valence electrons. The van der Waals surface area contributed by atoms with Crippen LogP contribution >= 0.6 is 0 Å². The van der Waals surface area contributed by atoms with E-state index in [2.05, 4.69) is 15.3 Å². The van der Waals surface area contributed by atoms with Gasteiger partial charge in [-0.3, -0.25) is 29.0 Å². The molecule has 15 nitrogen and oxygen atoms in total. The van der Waals surface area contributed by atoms with Crippen molar-refractivity contribution in [3.8, 4) is 6.01 Å². The zero-order chi connectivity index (χ0) is 31.8. The number of nitrogens with one attached hydrogen (secondary N) is 2. The molecule has 1 unspecified atom stereocenters. The fourth-order valence-electron chi connectivity index (χ4n) is 4.31. The number of aromatic amines is 1. The number of anilines is 1. The summed E-state index contributed by atoms with van der Waals surface area (Å²) >= 11 is 0. The number of hydrogen-bond donors (Lipinski definition) is 6. The summed E-state index contributed by atoms with van der Waals surface area (Å²) in [5, 5.41) is 30.5. The van der Waals surface area contributed by atoms with Crippen molar-refractivity contribution in [2.24, 2.45) is 11.7 Å². The number of benzene rings is 2. The van der Waals surface area contributed by atoms with E-state index in [-0.39, 0.29) is 23.6 Å². The molecule has 43 heavy (non-hydrogen) atoms. The van der Waals surface area contributed by atoms with Gasteiger partial charge >= 0.3 is 17.9 Å². The monoisotopic (exact) mass is 597 g/mol. The molecule has 0 spiro atoms. The second-order valence-corrected chi connectivity index (χ2v) is 9.76. The SMILES string of the molecule is COc1nc2ccc(CN(C)c3ccc(C(=O)N[C@H](CC(C(=O)O)C(=O)[C@H](N)CCC(=O)O)C(=O)O)cc3)cc2c(=O)[nH]1. The zero-order valence-corrected chi connectivity index (χ0v) is 23.3. The van der Waals surface area contributed by atoms with Gasteiger partial charge in [0.15, 0.2) is 5.78 Å². The molecule has 0 saturated heterocycles. The number of aromatic nitrogens is 2. The van der Waals surface area contributed by atoms with Crippen molar-refractivity contribution in [3.05, 3.63) is 63.9 Å². The van der Waals surface area contributed by atoms with Crippen LogP contribution in [0.4, 0.5) is 5.69 Å². The van der Waals surface area contributed by atoms with Crippen LogP contribution in [-0.2, 0) is 25.7 Å². The van der Waals surface area contributed by atoms with Crippen LogP contribution < -0.4 is 26.2 Å². The first-order valence-electron chi connectivity index (χ1n) is 13.0. The third-order valence-corrected chi connectivity index (χ3v) is 6.68. The number of Topliss-reactive ketones (excluding diaryl/α,β-unsaturated/α-hetero) is 1. The van der Waals surface area contributed by atoms with Crippen LogP contribution in [0.5, 0.6) is 6.01 Å². The first kappa shape index (κ1) is 32.2. The predicted molar refractivity (Wildman–Crippen MR) is 152 cm³/mol. The van der Waals surface area contributed by atoms with Gasteiger partial charge < -0.3 is 36.0 Å². The molecule has 1 aromatic heterocycles. The number of methoxy groups -OCH3 is 1. The molecule has 2 aromatic carbocycles. The Bertz CT molecular complexity index is 1590. The molecule has 0 radical (unpaired) electrons. The van der Waals surface area contributed by atoms with E-state index in [9.17, 15) is 39.0 Å². The molecule has 0 saturated carbocycles. The van der Waals surface area contributed by atoms with Gasteiger partial charge in [-0.1, -0.05) is 6.07 Å². The number of aliphatic carboxylic acids is 3. The molecule has 3 rings (SSSR count). The number of carboxylic acids is 3. The van der Waals surface area contributed by atoms with Crippen molar-refractivity contribution in [1.29, 1.82) is 0 Å². The number of ether oxygens (including phenoxy) is 1. The Morgan fingerprint density at radius 2 is 1.72 bits per heavy atom. The lowest BCUT2D eigenvalue weighted by molar-refractivity contribution is -0.148. The number of hydrogen-bond acceptors (Lipinski definition) is 10. The van der Waals surface area contributed by atoms with E-state index in [1.807, 2.05) is 11.0 Å². The number of H-pyrrole nitrogens is 1. The number of rotatable bonds is 15. The van der Waals surface area contributed by atoms with Crippen LogP contribution in [0.25, 0.3) is 10.9 Å². The Hall–Kier alpha value is -5.31. The molecule has 0 aliphatic rings. The van der Waals surface area contributed by atoms with Crippen LogP contribution in [-0.4, -0.2) is 81.1 Å². The van der Waals surface area contributed by atoms with E-state index < -0.39 is 60.4 Å². The van der Waals surface area contributed by atoms with E-state index in [0.29, 0.717) is 23.1 Å². The lowest BCUT2D eigenvalue weighted by Gasteiger charge is -2.21. The third-order valence-electron chi connectivity index (χ3n) is 6.68. The van der Waals surface area contributed by atoms with Crippen molar-refractivity contribution >= 4 is 46.2 Å². The van der Waals surface area contributed by atoms with Crippen LogP contribution in [0.15, 0.2) is 47.3 Å². The number of carboxylic acid groups (broad SMARTS) is 3. The van der Waals surface area contributed by atoms with E-state index >= 15 is 0 Å². The van der Waals surface area contributed by atoms with Gasteiger partial charge in [0.25, 0.3) is 17.5 Å². The second-order valence-electron chi connectivity index (χ2n) is 9.76. The van der Waals surface area contributed by atoms with Crippen molar-refractivity contribution in [2.75, 3.05) is 19.1 Å². The van der Waals surface area contributed by atoms with Crippen molar-refractivity contribution in [3.63, 3.8) is 0 Å². The number of nitrogens with two attached hydrogens (primary N) is 1. The van der Waals surface area contributed by atoms with Gasteiger partial charge in [0.05, 0.1) is 24.1 Å². The summed E-state index contributed by atoms with van der Waals surface area (Å²) in [5.41, 5.74) is 7.35. The highest BCUT2D eigenvalue weighted by Gasteiger charge is 2.36. The van der Waals surface area contributed by atoms with Crippen molar-refractivity contribution < 1.29 is 44.0 Å². The highest BCUT2D eigenvalue weighted by Crippen LogP contribution is 2.20. The maximum atomic E-state index is 12.8. The topological polar surface area (TPSA) is 242 Å². The molecule has 15 heteroatoms. The van der Waals surface area contributed by atoms with Gasteiger partial charge in [-0.15, -0.1) is 0 Å². The highest BCUT2D eigenvalue weighted by atomic mass is 16.5. The number of fused-ring (bicyclic) bond motifs is 1. The summed E-state index contributed by atoms with van der Waals surface area (Å²) in [6.07, 6.45) is -1.58. The summed E-state index contributed by atoms with van der Waals surface area (Å²) < 4.78 is 4.98. The molecule has 1 amide bonds. The van der Waals surface area contributed by atoms with Crippen LogP contribution in [0.1, 0.15) is 35.2 Å². The molecule has 0 fully saturated rings. The van der Waals surface area contributed by atoms with Crippen molar-refractivity contribution in [2.45, 2.75) is 37.9 Å². The van der Waals surface area contributed by atoms with Crippen LogP contribution in [0.3, 0.4) is 0 Å². The minimum atomic E-state index is -1.87. The Labute approximate surface area is 244 Å². The summed E-state index contributed by atoms with van der Waals surface area (Å²) in [4.78, 5) is 80.5. The number of carbonyl (C=O) groups is 5. The quantitative estimate of drug-likeness (QED) is 0.132. The Kier molecular flexibility index (Phi) is 10.5. The maximum absolute atomic E-state index is 12.8. The first-order chi connectivity index (χ1) is 20.3. The Morgan fingerprint density at radius 3 is 2.30 bits per heavy atom. The number of amides is 1. The summed E-state index contributed by atoms with van der Waals surface area (Å²) in [6, 6.07) is 8.30. The molecule has 7 N–H and O–H groups in total. The van der Waals surface area contributed by atoms with E-state index in [0.717, 1.165) is 5.56 Å². The number of ketones is 1. The predicted octanol–water partition coefficient (Wildman–Crippen LogP) is 0.603. The average molecular weight is 598 g/mol. The zero-order valence-electron chi connectivity index (χ0n) is 23.3. The largest absolute Gasteiger partial charge is 0.481 e. The third kappa shape index (κ3) is 8.36. The summed E-state index contributed by atoms with van der Waals surface area (Å²) in [5.74, 6) is -8.16. The van der Waals surface area contributed by atoms with Gasteiger partial charge in [0.1, 0.15) is 12.0 Å². The van der Waals surface area contributed by atoms with E-state index in [1.165, 1.54) is 19.2 Å². The molecule has 0 aliphatic heterocycles. The standard InChI is InChI=1S/C28H31N5O10/c1-33(13-14-3-9-20-17(11-14)25(38)32-28(31-20)43-2)16-6-4-15(5-7-16)24(37)30-21(27(41)42)12-18(26(39)40)23(36)19(29)8-10-22(34)35/h3-7,9,11,18-19,21H,8,10,12-13,29H2,1-2H3,(H,30,37)(H,34,35)(H,39,40)(H,41,42)(H,31,32,38)/t18?,19-,21-/m1/s1. The molecule has 0 aliphatic carbocycles. The number of carbonyl (C=O) groups excluding carboxylic acids is 2. The maximum Gasteiger partial charge on any atom is 0.326 e. The second kappa shape index (κ2) is 14.0. The Balaban J connectivity index is 1.68. The van der Waals surface area contributed by atoms with Crippen LogP contribution in [0, 0.1) is 5.92 Å². The molecule has 3 atom stereocenters. The Morgan fingerprint density at radius 1 is 1.05 bits per heavy atom. The van der Waals surface area contributed by atoms with Gasteiger partial charge in [-0.05, 0) is 54.8 Å². The fourth-order valence-corrected chi connectivity index (χ4v) is 4.31. The van der Waals surface area contributed by atoms with Gasteiger partial charge in [-0.25, -0.2) is 4.79 Å². The molecule has 3 aromatic rings. The van der Waals surface area contributed by atoms with E-state index in [1.54, 1.807) is 31.3 Å². The minimum absolute atomic E-state index is 0.0806. The average Bonchev–Trinajstić information content (AvgIpc) is 2.97. The smallest absolute Gasteiger partial charge is 0.326 e. The fraction of sp³-hybridized carbons (Fsp3) is 0.321. The molecule has 0 bridgehead atoms. The van der Waals surface area contributed by atoms with Gasteiger partial charge in [-0.2, -0.15) is 4.98 Å². The minimum Gasteiger partial charge on any atom is -0.481 e. The van der Waals surface area contributed by atoms with Crippen LogP contribution in [0.2, 0.25) is 0 Å². The van der Waals surface area contributed by atoms with Gasteiger partial charge in [0.2, 0.25) is 0 Å². The lowest BCUT2D eigenvalue weighted by Crippen LogP contribution is -2.47. The molecular formula is C28H31N5O10. The molecule has 1 heterocycles. The first-order valence-corrected chi connectivity index (χ1v) is 13.0.